The average molecular weight is 535 g/mol. The Morgan fingerprint density at radius 1 is 1.00 bits per heavy atom. The molecular weight excluding hydrogens is 496 g/mol. The molecule has 1 saturated heterocycles. The zero-order valence-electron chi connectivity index (χ0n) is 23.7. The van der Waals surface area contributed by atoms with Gasteiger partial charge in [0.15, 0.2) is 0 Å². The van der Waals surface area contributed by atoms with E-state index in [0.29, 0.717) is 11.8 Å². The zero-order valence-corrected chi connectivity index (χ0v) is 23.7. The summed E-state index contributed by atoms with van der Waals surface area (Å²) in [6, 6.07) is 19.1. The molecule has 4 aliphatic rings. The summed E-state index contributed by atoms with van der Waals surface area (Å²) >= 11 is 0. The Hall–Kier alpha value is -3.97. The van der Waals surface area contributed by atoms with Crippen molar-refractivity contribution in [2.24, 2.45) is 10.9 Å². The molecule has 7 heteroatoms. The van der Waals surface area contributed by atoms with Gasteiger partial charge in [0.2, 0.25) is 5.88 Å². The first-order valence-electron chi connectivity index (χ1n) is 14.4. The van der Waals surface area contributed by atoms with Gasteiger partial charge in [-0.1, -0.05) is 44.2 Å². The molecule has 1 fully saturated rings. The van der Waals surface area contributed by atoms with E-state index < -0.39 is 0 Å². The van der Waals surface area contributed by atoms with Crippen LogP contribution >= 0.6 is 0 Å². The van der Waals surface area contributed by atoms with Gasteiger partial charge in [0.25, 0.3) is 0 Å². The number of piperidine rings is 1. The van der Waals surface area contributed by atoms with Gasteiger partial charge in [-0.05, 0) is 68.0 Å². The van der Waals surface area contributed by atoms with Gasteiger partial charge >= 0.3 is 0 Å². The van der Waals surface area contributed by atoms with E-state index >= 15 is 0 Å². The van der Waals surface area contributed by atoms with Crippen molar-refractivity contribution in [3.05, 3.63) is 76.8 Å². The molecule has 0 radical (unpaired) electrons. The molecule has 0 saturated carbocycles. The van der Waals surface area contributed by atoms with Crippen molar-refractivity contribution in [3.63, 3.8) is 0 Å². The predicted octanol–water partition coefficient (Wildman–Crippen LogP) is 4.50. The molecule has 0 bridgehead atoms. The van der Waals surface area contributed by atoms with Crippen LogP contribution in [0.2, 0.25) is 0 Å². The lowest BCUT2D eigenvalue weighted by atomic mass is 10.0. The fourth-order valence-corrected chi connectivity index (χ4v) is 5.85. The number of nitrogens with one attached hydrogen (secondary N) is 1. The summed E-state index contributed by atoms with van der Waals surface area (Å²) in [4.78, 5) is 17.5. The second-order valence-corrected chi connectivity index (χ2v) is 11.1. The maximum atomic E-state index is 5.55. The summed E-state index contributed by atoms with van der Waals surface area (Å²) in [7, 11) is 1.65. The lowest BCUT2D eigenvalue weighted by molar-refractivity contribution is 0.192. The maximum absolute atomic E-state index is 5.55. The minimum atomic E-state index is 0.271. The van der Waals surface area contributed by atoms with Crippen LogP contribution in [-0.2, 0) is 0 Å². The Kier molecular flexibility index (Phi) is 7.64. The van der Waals surface area contributed by atoms with E-state index in [2.05, 4.69) is 88.2 Å². The molecule has 6 rings (SSSR count). The smallest absolute Gasteiger partial charge is 0.237 e. The molecule has 0 atom stereocenters. The number of hydrogen-bond donors (Lipinski definition) is 1. The minimum Gasteiger partial charge on any atom is -0.480 e. The van der Waals surface area contributed by atoms with Crippen LogP contribution < -0.4 is 26.1 Å². The number of ether oxygens (including phenoxy) is 1. The number of likely N-dealkylation sites (tertiary alicyclic amines) is 1. The number of methoxy groups -OCH3 is 1. The number of fused-ring (bicyclic) bond motifs is 2. The standard InChI is InChI=1S/C33H38N6O/c1-23(2)22-38-18-15-24(16-19-38)35-29-21-32-30(20-28(29)37-27-13-9-17-34-33(27)40-3)36-26-12-7-8-14-31(26)39(32)25-10-5-4-6-11-25/h4-6,9-14,17,20-21,23-24,37H,7-8,15-16,18-19,22H2,1-3H3. The van der Waals surface area contributed by atoms with Gasteiger partial charge in [0.1, 0.15) is 5.69 Å². The zero-order chi connectivity index (χ0) is 27.5. The average Bonchev–Trinajstić information content (AvgIpc) is 2.98. The quantitative estimate of drug-likeness (QED) is 0.378. The molecule has 2 aliphatic carbocycles. The molecule has 2 aromatic rings. The number of nitrogens with zero attached hydrogens (tertiary/aromatic N) is 5. The van der Waals surface area contributed by atoms with Gasteiger partial charge in [-0.25, -0.2) is 9.97 Å². The molecule has 0 spiro atoms. The maximum Gasteiger partial charge on any atom is 0.237 e. The van der Waals surface area contributed by atoms with E-state index in [1.54, 1.807) is 13.3 Å². The Labute approximate surface area is 235 Å². The van der Waals surface area contributed by atoms with Crippen molar-refractivity contribution in [3.8, 4) is 23.0 Å². The first-order valence-corrected chi connectivity index (χ1v) is 14.4. The van der Waals surface area contributed by atoms with Crippen LogP contribution in [0.4, 0.5) is 11.4 Å². The Balaban J connectivity index is 1.52. The number of rotatable bonds is 7. The van der Waals surface area contributed by atoms with Gasteiger partial charge < -0.3 is 19.5 Å². The third kappa shape index (κ3) is 5.52. The van der Waals surface area contributed by atoms with Crippen LogP contribution in [-0.4, -0.2) is 52.2 Å². The molecule has 1 N–H and O–H groups in total. The van der Waals surface area contributed by atoms with E-state index in [9.17, 15) is 0 Å². The first kappa shape index (κ1) is 26.3. The molecule has 2 aliphatic heterocycles. The van der Waals surface area contributed by atoms with Gasteiger partial charge in [-0.3, -0.25) is 4.99 Å². The highest BCUT2D eigenvalue weighted by molar-refractivity contribution is 5.71. The van der Waals surface area contributed by atoms with E-state index in [4.69, 9.17) is 14.7 Å². The summed E-state index contributed by atoms with van der Waals surface area (Å²) in [5.41, 5.74) is 4.82. The first-order chi connectivity index (χ1) is 19.6. The second kappa shape index (κ2) is 11.6. The molecule has 0 amide bonds. The van der Waals surface area contributed by atoms with Crippen molar-refractivity contribution < 1.29 is 4.74 Å². The SMILES string of the molecule is COc1ncccc1Nc1cc2nc3c(n(-c4ccccc4)c-2cc1=NC1CCN(CC(C)C)CC1)=CCCC=3. The second-order valence-electron chi connectivity index (χ2n) is 11.1. The number of benzene rings is 2. The number of anilines is 2. The van der Waals surface area contributed by atoms with Crippen LogP contribution in [0.15, 0.2) is 65.8 Å². The fourth-order valence-electron chi connectivity index (χ4n) is 5.85. The van der Waals surface area contributed by atoms with Gasteiger partial charge in [0.05, 0.1) is 46.3 Å². The molecule has 206 valence electrons. The number of pyridine rings is 1. The third-order valence-electron chi connectivity index (χ3n) is 7.67. The summed E-state index contributed by atoms with van der Waals surface area (Å²) in [6.07, 6.45) is 10.4. The van der Waals surface area contributed by atoms with E-state index in [0.717, 1.165) is 89.8 Å². The van der Waals surface area contributed by atoms with E-state index in [1.165, 1.54) is 0 Å². The molecule has 0 unspecified atom stereocenters. The minimum absolute atomic E-state index is 0.271. The summed E-state index contributed by atoms with van der Waals surface area (Å²) in [6.45, 7) is 7.91. The van der Waals surface area contributed by atoms with Crippen LogP contribution in [0.25, 0.3) is 29.2 Å². The van der Waals surface area contributed by atoms with E-state index in [-0.39, 0.29) is 6.04 Å². The Morgan fingerprint density at radius 2 is 1.80 bits per heavy atom. The highest BCUT2D eigenvalue weighted by atomic mass is 16.5. The van der Waals surface area contributed by atoms with Crippen LogP contribution in [0, 0.1) is 5.92 Å². The van der Waals surface area contributed by atoms with Crippen molar-refractivity contribution in [1.82, 2.24) is 19.4 Å². The van der Waals surface area contributed by atoms with E-state index in [1.807, 2.05) is 12.1 Å². The highest BCUT2D eigenvalue weighted by Gasteiger charge is 2.21. The number of hydrogen-bond acceptors (Lipinski definition) is 6. The monoisotopic (exact) mass is 534 g/mol. The molecule has 40 heavy (non-hydrogen) atoms. The van der Waals surface area contributed by atoms with Crippen LogP contribution in [0.1, 0.15) is 39.5 Å². The Morgan fingerprint density at radius 3 is 2.58 bits per heavy atom. The summed E-state index contributed by atoms with van der Waals surface area (Å²) in [5.74, 6) is 1.23. The van der Waals surface area contributed by atoms with Gasteiger partial charge in [0, 0.05) is 31.5 Å². The predicted molar refractivity (Wildman–Crippen MR) is 162 cm³/mol. The van der Waals surface area contributed by atoms with Crippen molar-refractivity contribution >= 4 is 23.5 Å². The fraction of sp³-hybridized carbons (Fsp3) is 0.364. The largest absolute Gasteiger partial charge is 0.480 e. The summed E-state index contributed by atoms with van der Waals surface area (Å²) in [5, 5.41) is 6.69. The Bertz CT molecular complexity index is 1630. The van der Waals surface area contributed by atoms with Crippen molar-refractivity contribution in [1.29, 1.82) is 0 Å². The molecule has 1 aromatic carbocycles. The van der Waals surface area contributed by atoms with Gasteiger partial charge in [-0.2, -0.15) is 0 Å². The summed E-state index contributed by atoms with van der Waals surface area (Å²) < 4.78 is 7.89. The van der Waals surface area contributed by atoms with Crippen molar-refractivity contribution in [2.45, 2.75) is 45.6 Å². The van der Waals surface area contributed by atoms with Crippen molar-refractivity contribution in [2.75, 3.05) is 32.1 Å². The normalized spacial score (nSPS) is 16.4. The van der Waals surface area contributed by atoms with Crippen LogP contribution in [0.5, 0.6) is 5.88 Å². The lowest BCUT2D eigenvalue weighted by Crippen LogP contribution is -2.40. The number of para-hydroxylation sites is 1. The third-order valence-corrected chi connectivity index (χ3v) is 7.67. The molecule has 7 nitrogen and oxygen atoms in total. The topological polar surface area (TPSA) is 67.6 Å². The highest BCUT2D eigenvalue weighted by Crippen LogP contribution is 2.27. The molecule has 3 heterocycles. The number of aromatic nitrogens is 3. The molecule has 1 aromatic heterocycles. The van der Waals surface area contributed by atoms with Crippen LogP contribution in [0.3, 0.4) is 0 Å². The van der Waals surface area contributed by atoms with Gasteiger partial charge in [-0.15, -0.1) is 0 Å². The molecular formula is C33H38N6O. The lowest BCUT2D eigenvalue weighted by Gasteiger charge is -2.31.